The summed E-state index contributed by atoms with van der Waals surface area (Å²) < 4.78 is 6.24. The van der Waals surface area contributed by atoms with Gasteiger partial charge >= 0.3 is 12.1 Å². The average Bonchev–Trinajstić information content (AvgIpc) is 3.19. The first kappa shape index (κ1) is 18.7. The molecule has 0 aliphatic rings. The Morgan fingerprint density at radius 2 is 1.72 bits per heavy atom. The minimum absolute atomic E-state index is 0.0892. The van der Waals surface area contributed by atoms with Crippen molar-refractivity contribution in [1.82, 2.24) is 0 Å². The summed E-state index contributed by atoms with van der Waals surface area (Å²) >= 11 is 1.41. The zero-order valence-electron chi connectivity index (χ0n) is 15.5. The van der Waals surface area contributed by atoms with E-state index in [9.17, 15) is 14.7 Å². The zero-order valence-corrected chi connectivity index (χ0v) is 16.3. The number of fused-ring (bicyclic) bond motifs is 1. The fourth-order valence-electron chi connectivity index (χ4n) is 3.12. The summed E-state index contributed by atoms with van der Waals surface area (Å²) in [4.78, 5) is 24.3. The number of amides is 1. The van der Waals surface area contributed by atoms with Gasteiger partial charge in [0.05, 0.1) is 5.56 Å². The first-order valence-electron chi connectivity index (χ1n) is 8.91. The molecule has 0 unspecified atom stereocenters. The topological polar surface area (TPSA) is 75.6 Å². The molecule has 0 aliphatic heterocycles. The van der Waals surface area contributed by atoms with Gasteiger partial charge in [-0.15, -0.1) is 11.3 Å². The van der Waals surface area contributed by atoms with E-state index < -0.39 is 12.1 Å². The van der Waals surface area contributed by atoms with Crippen LogP contribution in [-0.2, 0) is 0 Å². The Hall–Kier alpha value is -3.64. The predicted octanol–water partition coefficient (Wildman–Crippen LogP) is 6.19. The zero-order chi connectivity index (χ0) is 20.4. The summed E-state index contributed by atoms with van der Waals surface area (Å²) in [6.07, 6.45) is -0.678. The molecule has 5 nitrogen and oxygen atoms in total. The Balaban J connectivity index is 1.77. The van der Waals surface area contributed by atoms with E-state index in [1.165, 1.54) is 17.4 Å². The molecular weight excluding hydrogens is 386 g/mol. The smallest absolute Gasteiger partial charge is 0.417 e. The van der Waals surface area contributed by atoms with Crippen LogP contribution in [0.2, 0.25) is 0 Å². The predicted molar refractivity (Wildman–Crippen MR) is 115 cm³/mol. The number of carboxylic acid groups (broad SMARTS) is 1. The van der Waals surface area contributed by atoms with Crippen LogP contribution in [0.25, 0.3) is 21.2 Å². The van der Waals surface area contributed by atoms with Gasteiger partial charge in [0.1, 0.15) is 5.75 Å². The number of para-hydroxylation sites is 1. The quantitative estimate of drug-likeness (QED) is 0.426. The van der Waals surface area contributed by atoms with Gasteiger partial charge in [-0.3, -0.25) is 5.32 Å². The number of aryl methyl sites for hydroxylation is 1. The van der Waals surface area contributed by atoms with E-state index in [1.54, 1.807) is 24.3 Å². The third kappa shape index (κ3) is 3.83. The molecule has 4 rings (SSSR count). The molecule has 0 radical (unpaired) electrons. The number of aromatic carboxylic acids is 1. The molecule has 0 saturated carbocycles. The van der Waals surface area contributed by atoms with E-state index in [-0.39, 0.29) is 11.3 Å². The Labute approximate surface area is 171 Å². The number of carboxylic acids is 1. The summed E-state index contributed by atoms with van der Waals surface area (Å²) in [5, 5.41) is 15.0. The molecule has 0 spiro atoms. The highest BCUT2D eigenvalue weighted by Crippen LogP contribution is 2.41. The van der Waals surface area contributed by atoms with Gasteiger partial charge in [0.2, 0.25) is 0 Å². The van der Waals surface area contributed by atoms with Crippen molar-refractivity contribution >= 4 is 39.2 Å². The van der Waals surface area contributed by atoms with Gasteiger partial charge in [-0.1, -0.05) is 48.0 Å². The van der Waals surface area contributed by atoms with Gasteiger partial charge in [-0.25, -0.2) is 9.59 Å². The molecule has 0 saturated heterocycles. The van der Waals surface area contributed by atoms with Crippen molar-refractivity contribution in [3.63, 3.8) is 0 Å². The summed E-state index contributed by atoms with van der Waals surface area (Å²) in [5.74, 6) is -0.868. The molecule has 1 heterocycles. The van der Waals surface area contributed by atoms with Crippen molar-refractivity contribution in [3.8, 4) is 16.9 Å². The number of benzene rings is 3. The normalized spacial score (nSPS) is 10.7. The molecule has 0 atom stereocenters. The number of carbonyl (C=O) groups is 2. The second kappa shape index (κ2) is 7.77. The highest BCUT2D eigenvalue weighted by Gasteiger charge is 2.21. The summed E-state index contributed by atoms with van der Waals surface area (Å²) in [7, 11) is 0. The van der Waals surface area contributed by atoms with Crippen LogP contribution in [0.5, 0.6) is 5.75 Å². The van der Waals surface area contributed by atoms with Gasteiger partial charge in [0.15, 0.2) is 0 Å². The van der Waals surface area contributed by atoms with Gasteiger partial charge in [-0.2, -0.15) is 0 Å². The van der Waals surface area contributed by atoms with E-state index in [2.05, 4.69) is 5.32 Å². The number of nitrogens with one attached hydrogen (secondary N) is 1. The fourth-order valence-corrected chi connectivity index (χ4v) is 4.11. The molecule has 3 aromatic carbocycles. The van der Waals surface area contributed by atoms with Crippen molar-refractivity contribution < 1.29 is 19.4 Å². The number of ether oxygens (including phenoxy) is 1. The molecule has 144 valence electrons. The fraction of sp³-hybridized carbons (Fsp3) is 0.0435. The van der Waals surface area contributed by atoms with Crippen molar-refractivity contribution in [1.29, 1.82) is 0 Å². The van der Waals surface area contributed by atoms with Gasteiger partial charge in [0.25, 0.3) is 0 Å². The third-order valence-electron chi connectivity index (χ3n) is 4.50. The largest absolute Gasteiger partial charge is 0.478 e. The molecule has 1 amide bonds. The van der Waals surface area contributed by atoms with Crippen LogP contribution in [0.1, 0.15) is 15.9 Å². The molecular formula is C23H17NO4S. The van der Waals surface area contributed by atoms with Gasteiger partial charge < -0.3 is 9.84 Å². The van der Waals surface area contributed by atoms with E-state index in [0.717, 1.165) is 15.8 Å². The van der Waals surface area contributed by atoms with Crippen LogP contribution >= 0.6 is 11.3 Å². The Bertz CT molecular complexity index is 1200. The first-order chi connectivity index (χ1) is 14.0. The lowest BCUT2D eigenvalue weighted by Crippen LogP contribution is -2.17. The van der Waals surface area contributed by atoms with Gasteiger partial charge in [-0.05, 0) is 42.1 Å². The number of anilines is 1. The molecule has 0 bridgehead atoms. The van der Waals surface area contributed by atoms with Crippen LogP contribution in [0.15, 0.2) is 72.1 Å². The summed E-state index contributed by atoms with van der Waals surface area (Å²) in [6.45, 7) is 1.98. The molecule has 0 fully saturated rings. The van der Waals surface area contributed by atoms with Crippen LogP contribution in [-0.4, -0.2) is 17.2 Å². The molecule has 29 heavy (non-hydrogen) atoms. The lowest BCUT2D eigenvalue weighted by atomic mass is 9.97. The van der Waals surface area contributed by atoms with Crippen LogP contribution in [0.4, 0.5) is 10.5 Å². The number of rotatable bonds is 4. The van der Waals surface area contributed by atoms with Crippen LogP contribution in [0.3, 0.4) is 0 Å². The standard InChI is InChI=1S/C23H17NO4S/c1-14-7-9-15(10-8-14)20-18(22(25)26)13-19(17-11-12-29-21(17)20)28-23(27)24-16-5-3-2-4-6-16/h2-13H,1H3,(H,24,27)(H,25,26). The maximum absolute atomic E-state index is 12.3. The maximum Gasteiger partial charge on any atom is 0.417 e. The number of hydrogen-bond acceptors (Lipinski definition) is 4. The number of hydrogen-bond donors (Lipinski definition) is 2. The second-order valence-electron chi connectivity index (χ2n) is 6.51. The monoisotopic (exact) mass is 403 g/mol. The van der Waals surface area contributed by atoms with Crippen LogP contribution < -0.4 is 10.1 Å². The van der Waals surface area contributed by atoms with Crippen molar-refractivity contribution in [3.05, 3.63) is 83.2 Å². The highest BCUT2D eigenvalue weighted by molar-refractivity contribution is 7.17. The average molecular weight is 403 g/mol. The SMILES string of the molecule is Cc1ccc(-c2c(C(=O)O)cc(OC(=O)Nc3ccccc3)c3ccsc23)cc1. The number of carbonyl (C=O) groups excluding carboxylic acids is 1. The van der Waals surface area contributed by atoms with Crippen molar-refractivity contribution in [2.75, 3.05) is 5.32 Å². The van der Waals surface area contributed by atoms with E-state index >= 15 is 0 Å². The van der Waals surface area contributed by atoms with Crippen molar-refractivity contribution in [2.24, 2.45) is 0 Å². The molecule has 4 aromatic rings. The molecule has 2 N–H and O–H groups in total. The van der Waals surface area contributed by atoms with Gasteiger partial charge in [0, 0.05) is 21.3 Å². The third-order valence-corrected chi connectivity index (χ3v) is 5.43. The van der Waals surface area contributed by atoms with E-state index in [0.29, 0.717) is 16.6 Å². The highest BCUT2D eigenvalue weighted by atomic mass is 32.1. The Morgan fingerprint density at radius 1 is 1.00 bits per heavy atom. The molecule has 6 heteroatoms. The number of thiophene rings is 1. The Kier molecular flexibility index (Phi) is 5.01. The lowest BCUT2D eigenvalue weighted by molar-refractivity contribution is 0.0697. The minimum Gasteiger partial charge on any atom is -0.478 e. The minimum atomic E-state index is -1.08. The van der Waals surface area contributed by atoms with Crippen LogP contribution in [0, 0.1) is 6.92 Å². The second-order valence-corrected chi connectivity index (χ2v) is 7.43. The molecule has 0 aliphatic carbocycles. The summed E-state index contributed by atoms with van der Waals surface area (Å²) in [6, 6.07) is 19.8. The van der Waals surface area contributed by atoms with E-state index in [1.807, 2.05) is 48.7 Å². The first-order valence-corrected chi connectivity index (χ1v) is 9.79. The van der Waals surface area contributed by atoms with Crippen molar-refractivity contribution in [2.45, 2.75) is 6.92 Å². The summed E-state index contributed by atoms with van der Waals surface area (Å²) in [5.41, 5.74) is 3.20. The van der Waals surface area contributed by atoms with E-state index in [4.69, 9.17) is 4.74 Å². The Morgan fingerprint density at radius 3 is 2.41 bits per heavy atom. The maximum atomic E-state index is 12.3. The lowest BCUT2D eigenvalue weighted by Gasteiger charge is -2.13. The molecule has 1 aromatic heterocycles.